The number of furan rings is 1. The third-order valence-corrected chi connectivity index (χ3v) is 4.11. The zero-order valence-electron chi connectivity index (χ0n) is 11.7. The highest BCUT2D eigenvalue weighted by molar-refractivity contribution is 7.92. The van der Waals surface area contributed by atoms with Gasteiger partial charge in [0.25, 0.3) is 5.91 Å². The average Bonchev–Trinajstić information content (AvgIpc) is 2.81. The summed E-state index contributed by atoms with van der Waals surface area (Å²) < 4.78 is 30.2. The first-order valence-electron chi connectivity index (χ1n) is 6.22. The molecule has 2 N–H and O–H groups in total. The largest absolute Gasteiger partial charge is 0.439 e. The summed E-state index contributed by atoms with van der Waals surface area (Å²) in [6, 6.07) is 6.77. The van der Waals surface area contributed by atoms with Crippen molar-refractivity contribution in [3.05, 3.63) is 29.8 Å². The van der Waals surface area contributed by atoms with Gasteiger partial charge < -0.3 is 14.8 Å². The molecule has 0 fully saturated rings. The van der Waals surface area contributed by atoms with Crippen LogP contribution in [0.15, 0.2) is 28.7 Å². The van der Waals surface area contributed by atoms with Crippen LogP contribution < -0.4 is 9.62 Å². The van der Waals surface area contributed by atoms with Crippen LogP contribution in [0.5, 0.6) is 0 Å². The Labute approximate surface area is 122 Å². The molecule has 0 radical (unpaired) electrons. The number of anilines is 1. The fraction of sp³-hybridized carbons (Fsp3) is 0.308. The van der Waals surface area contributed by atoms with Gasteiger partial charge in [-0.1, -0.05) is 18.2 Å². The molecule has 0 atom stereocenters. The van der Waals surface area contributed by atoms with Gasteiger partial charge in [0, 0.05) is 12.4 Å². The van der Waals surface area contributed by atoms with Crippen molar-refractivity contribution < 1.29 is 22.7 Å². The van der Waals surface area contributed by atoms with E-state index in [-0.39, 0.29) is 18.0 Å². The number of nitrogens with zero attached hydrogens (tertiary/aromatic N) is 1. The van der Waals surface area contributed by atoms with Crippen molar-refractivity contribution in [2.45, 2.75) is 0 Å². The maximum Gasteiger partial charge on any atom is 0.257 e. The summed E-state index contributed by atoms with van der Waals surface area (Å²) in [5, 5.41) is 12.1. The minimum absolute atomic E-state index is 0.0906. The highest BCUT2D eigenvalue weighted by Crippen LogP contribution is 2.33. The molecule has 0 spiro atoms. The second-order valence-electron chi connectivity index (χ2n) is 4.42. The summed E-state index contributed by atoms with van der Waals surface area (Å²) in [6.07, 6.45) is 0.990. The molecule has 2 rings (SSSR count). The van der Waals surface area contributed by atoms with E-state index in [1.165, 1.54) is 7.05 Å². The molecule has 0 bridgehead atoms. The van der Waals surface area contributed by atoms with Crippen molar-refractivity contribution in [2.24, 2.45) is 0 Å². The van der Waals surface area contributed by atoms with Gasteiger partial charge in [0.1, 0.15) is 11.1 Å². The minimum Gasteiger partial charge on any atom is -0.439 e. The van der Waals surface area contributed by atoms with Gasteiger partial charge in [0.05, 0.1) is 19.4 Å². The van der Waals surface area contributed by atoms with Gasteiger partial charge in [0.15, 0.2) is 0 Å². The first-order chi connectivity index (χ1) is 9.90. The number of amides is 1. The van der Waals surface area contributed by atoms with Crippen LogP contribution >= 0.6 is 0 Å². The lowest BCUT2D eigenvalue weighted by Gasteiger charge is -2.19. The summed E-state index contributed by atoms with van der Waals surface area (Å²) in [4.78, 5) is 12.1. The topological polar surface area (TPSA) is 99.9 Å². The first-order valence-corrected chi connectivity index (χ1v) is 8.07. The molecule has 114 valence electrons. The Hall–Kier alpha value is -2.06. The van der Waals surface area contributed by atoms with E-state index in [0.29, 0.717) is 11.0 Å². The molecule has 1 heterocycles. The maximum absolute atomic E-state index is 12.1. The van der Waals surface area contributed by atoms with Crippen molar-refractivity contribution in [1.29, 1.82) is 0 Å². The predicted molar refractivity (Wildman–Crippen MR) is 78.9 cm³/mol. The number of hydrogen-bond acceptors (Lipinski definition) is 5. The quantitative estimate of drug-likeness (QED) is 0.840. The fourth-order valence-corrected chi connectivity index (χ4v) is 2.90. The first kappa shape index (κ1) is 15.3. The summed E-state index contributed by atoms with van der Waals surface area (Å²) in [5.74, 6) is -0.548. The Morgan fingerprint density at radius 1 is 1.38 bits per heavy atom. The minimum atomic E-state index is -3.69. The van der Waals surface area contributed by atoms with E-state index in [0.717, 1.165) is 10.6 Å². The zero-order valence-corrected chi connectivity index (χ0v) is 12.5. The Bertz CT molecular complexity index is 766. The van der Waals surface area contributed by atoms with Crippen molar-refractivity contribution >= 4 is 32.8 Å². The van der Waals surface area contributed by atoms with Crippen LogP contribution in [0.3, 0.4) is 0 Å². The van der Waals surface area contributed by atoms with E-state index in [1.807, 2.05) is 0 Å². The molecular weight excluding hydrogens is 296 g/mol. The Morgan fingerprint density at radius 3 is 2.62 bits per heavy atom. The van der Waals surface area contributed by atoms with E-state index in [2.05, 4.69) is 5.32 Å². The lowest BCUT2D eigenvalue weighted by molar-refractivity contribution is 0.0964. The highest BCUT2D eigenvalue weighted by Gasteiger charge is 2.29. The van der Waals surface area contributed by atoms with E-state index in [4.69, 9.17) is 9.52 Å². The van der Waals surface area contributed by atoms with Crippen LogP contribution in [-0.2, 0) is 10.0 Å². The molecule has 0 saturated heterocycles. The van der Waals surface area contributed by atoms with Crippen molar-refractivity contribution in [3.8, 4) is 0 Å². The van der Waals surface area contributed by atoms with E-state index < -0.39 is 22.5 Å². The number of aliphatic hydroxyl groups is 1. The number of carbonyl (C=O) groups excluding carboxylic acids is 1. The number of carbonyl (C=O) groups is 1. The van der Waals surface area contributed by atoms with E-state index >= 15 is 0 Å². The van der Waals surface area contributed by atoms with Gasteiger partial charge in [-0.05, 0) is 6.07 Å². The molecule has 1 aromatic carbocycles. The van der Waals surface area contributed by atoms with Gasteiger partial charge in [-0.3, -0.25) is 4.79 Å². The third-order valence-electron chi connectivity index (χ3n) is 2.96. The molecule has 2 aromatic rings. The van der Waals surface area contributed by atoms with E-state index in [1.54, 1.807) is 24.3 Å². The molecule has 1 aromatic heterocycles. The molecule has 1 amide bonds. The number of fused-ring (bicyclic) bond motifs is 1. The number of hydrogen-bond donors (Lipinski definition) is 2. The third kappa shape index (κ3) is 2.86. The molecule has 0 saturated carbocycles. The van der Waals surface area contributed by atoms with Crippen LogP contribution in [0.4, 0.5) is 5.88 Å². The van der Waals surface area contributed by atoms with Gasteiger partial charge in [-0.25, -0.2) is 12.7 Å². The number of benzene rings is 1. The Balaban J connectivity index is 2.74. The molecule has 0 unspecified atom stereocenters. The predicted octanol–water partition coefficient (Wildman–Crippen LogP) is 0.551. The van der Waals surface area contributed by atoms with Gasteiger partial charge >= 0.3 is 0 Å². The number of nitrogens with one attached hydrogen (secondary N) is 1. The fourth-order valence-electron chi connectivity index (χ4n) is 2.06. The van der Waals surface area contributed by atoms with Gasteiger partial charge in [0.2, 0.25) is 15.9 Å². The number of sulfonamides is 1. The smallest absolute Gasteiger partial charge is 0.257 e. The summed E-state index contributed by atoms with van der Waals surface area (Å²) >= 11 is 0. The Kier molecular flexibility index (Phi) is 4.19. The lowest BCUT2D eigenvalue weighted by Crippen LogP contribution is -2.34. The number of rotatable bonds is 5. The van der Waals surface area contributed by atoms with Crippen molar-refractivity contribution in [3.63, 3.8) is 0 Å². The molecule has 0 aliphatic rings. The van der Waals surface area contributed by atoms with Crippen LogP contribution in [0.2, 0.25) is 0 Å². The summed E-state index contributed by atoms with van der Waals surface area (Å²) in [5.41, 5.74) is 0.532. The van der Waals surface area contributed by atoms with Crippen LogP contribution in [0, 0.1) is 0 Å². The second-order valence-corrected chi connectivity index (χ2v) is 6.32. The molecular formula is C13H16N2O5S. The molecule has 0 aliphatic carbocycles. The summed E-state index contributed by atoms with van der Waals surface area (Å²) in [7, 11) is -2.24. The monoisotopic (exact) mass is 312 g/mol. The SMILES string of the molecule is CNC(=O)c1c(N(CCO)S(C)(=O)=O)oc2ccccc12. The van der Waals surface area contributed by atoms with Crippen LogP contribution in [-0.4, -0.2) is 45.9 Å². The molecule has 0 aliphatic heterocycles. The maximum atomic E-state index is 12.1. The standard InChI is InChI=1S/C13H16N2O5S/c1-14-12(17)11-9-5-3-4-6-10(9)20-13(11)15(7-8-16)21(2,18)19/h3-6,16H,7-8H2,1-2H3,(H,14,17). The van der Waals surface area contributed by atoms with Crippen molar-refractivity contribution in [2.75, 3.05) is 30.8 Å². The average molecular weight is 312 g/mol. The number of para-hydroxylation sites is 1. The second kappa shape index (κ2) is 5.74. The normalized spacial score (nSPS) is 11.6. The lowest BCUT2D eigenvalue weighted by atomic mass is 10.1. The molecule has 8 heteroatoms. The number of aliphatic hydroxyl groups excluding tert-OH is 1. The zero-order chi connectivity index (χ0) is 15.6. The van der Waals surface area contributed by atoms with Crippen molar-refractivity contribution in [1.82, 2.24) is 5.32 Å². The Morgan fingerprint density at radius 2 is 2.05 bits per heavy atom. The summed E-state index contributed by atoms with van der Waals surface area (Å²) in [6.45, 7) is -0.583. The molecule has 7 nitrogen and oxygen atoms in total. The van der Waals surface area contributed by atoms with E-state index in [9.17, 15) is 13.2 Å². The highest BCUT2D eigenvalue weighted by atomic mass is 32.2. The van der Waals surface area contributed by atoms with Gasteiger partial charge in [-0.15, -0.1) is 0 Å². The van der Waals surface area contributed by atoms with Gasteiger partial charge in [-0.2, -0.15) is 0 Å². The van der Waals surface area contributed by atoms with Crippen LogP contribution in [0.1, 0.15) is 10.4 Å². The van der Waals surface area contributed by atoms with Crippen LogP contribution in [0.25, 0.3) is 11.0 Å². The molecule has 21 heavy (non-hydrogen) atoms.